The molecule has 1 atom stereocenters. The van der Waals surface area contributed by atoms with E-state index in [0.29, 0.717) is 35.9 Å². The molecule has 2 N–H and O–H groups in total. The molecule has 2 heterocycles. The van der Waals surface area contributed by atoms with Crippen LogP contribution in [0.1, 0.15) is 29.4 Å². The predicted molar refractivity (Wildman–Crippen MR) is 106 cm³/mol. The highest BCUT2D eigenvalue weighted by atomic mass is 16.5. The molecule has 0 radical (unpaired) electrons. The van der Waals surface area contributed by atoms with Gasteiger partial charge in [-0.1, -0.05) is 43.3 Å². The molecule has 2 aromatic carbocycles. The minimum atomic E-state index is -0.716. The number of fused-ring (bicyclic) bond motifs is 2. The summed E-state index contributed by atoms with van der Waals surface area (Å²) in [6.07, 6.45) is 0.412. The Balaban J connectivity index is 1.52. The molecule has 0 spiro atoms. The molecule has 4 rings (SSSR count). The predicted octanol–water partition coefficient (Wildman–Crippen LogP) is 1.57. The Kier molecular flexibility index (Phi) is 4.99. The number of rotatable bonds is 4. The standard InChI is InChI=1S/C21H20N4O4/c1-2-11-25-21(28)15-9-5-4-8-14(15)18(24-25)20(27)23-22-19(26)17-12-13-7-3-6-10-16(13)29-17/h3-10,17H,2,11-12H2,1H3,(H,22,26)(H,23,27)/t17-/m0/s1. The molecule has 0 bridgehead atoms. The normalized spacial score (nSPS) is 14.9. The molecule has 0 aliphatic carbocycles. The van der Waals surface area contributed by atoms with Gasteiger partial charge in [-0.15, -0.1) is 0 Å². The molecule has 148 valence electrons. The maximum Gasteiger partial charge on any atom is 0.290 e. The van der Waals surface area contributed by atoms with E-state index in [9.17, 15) is 14.4 Å². The van der Waals surface area contributed by atoms with Gasteiger partial charge in [0.1, 0.15) is 5.75 Å². The molecule has 1 aliphatic rings. The summed E-state index contributed by atoms with van der Waals surface area (Å²) in [7, 11) is 0. The monoisotopic (exact) mass is 392 g/mol. The summed E-state index contributed by atoms with van der Waals surface area (Å²) >= 11 is 0. The molecule has 0 fully saturated rings. The number of carbonyl (C=O) groups excluding carboxylic acids is 2. The van der Waals surface area contributed by atoms with E-state index in [0.717, 1.165) is 5.56 Å². The summed E-state index contributed by atoms with van der Waals surface area (Å²) in [6.45, 7) is 2.31. The summed E-state index contributed by atoms with van der Waals surface area (Å²) in [4.78, 5) is 37.7. The first-order valence-corrected chi connectivity index (χ1v) is 9.43. The van der Waals surface area contributed by atoms with Crippen LogP contribution in [0.4, 0.5) is 0 Å². The van der Waals surface area contributed by atoms with Gasteiger partial charge in [-0.3, -0.25) is 25.2 Å². The topological polar surface area (TPSA) is 102 Å². The van der Waals surface area contributed by atoms with Gasteiger partial charge >= 0.3 is 0 Å². The second-order valence-corrected chi connectivity index (χ2v) is 6.78. The summed E-state index contributed by atoms with van der Waals surface area (Å²) in [5, 5.41) is 5.04. The SMILES string of the molecule is CCCn1nc(C(=O)NNC(=O)[C@@H]2Cc3ccccc3O2)c2ccccc2c1=O. The third-order valence-electron chi connectivity index (χ3n) is 4.76. The van der Waals surface area contributed by atoms with Gasteiger partial charge in [0.15, 0.2) is 11.8 Å². The van der Waals surface area contributed by atoms with E-state index < -0.39 is 17.9 Å². The zero-order valence-corrected chi connectivity index (χ0v) is 15.8. The van der Waals surface area contributed by atoms with E-state index in [-0.39, 0.29) is 11.3 Å². The average molecular weight is 392 g/mol. The Bertz CT molecular complexity index is 1130. The molecule has 0 unspecified atom stereocenters. The number of benzene rings is 2. The molecule has 8 heteroatoms. The van der Waals surface area contributed by atoms with E-state index >= 15 is 0 Å². The van der Waals surface area contributed by atoms with E-state index in [1.165, 1.54) is 4.68 Å². The van der Waals surface area contributed by atoms with Crippen LogP contribution in [0.15, 0.2) is 53.3 Å². The van der Waals surface area contributed by atoms with Crippen molar-refractivity contribution in [2.24, 2.45) is 0 Å². The highest BCUT2D eigenvalue weighted by Crippen LogP contribution is 2.28. The van der Waals surface area contributed by atoms with Crippen molar-refractivity contribution in [1.29, 1.82) is 0 Å². The fourth-order valence-corrected chi connectivity index (χ4v) is 3.35. The summed E-state index contributed by atoms with van der Waals surface area (Å²) in [5.74, 6) is -0.395. The lowest BCUT2D eigenvalue weighted by Gasteiger charge is -2.13. The number of nitrogens with zero attached hydrogens (tertiary/aromatic N) is 2. The third-order valence-corrected chi connectivity index (χ3v) is 4.76. The summed E-state index contributed by atoms with van der Waals surface area (Å²) < 4.78 is 6.89. The van der Waals surface area contributed by atoms with Crippen molar-refractivity contribution < 1.29 is 14.3 Å². The molecule has 8 nitrogen and oxygen atoms in total. The number of nitrogens with one attached hydrogen (secondary N) is 2. The van der Waals surface area contributed by atoms with E-state index in [2.05, 4.69) is 16.0 Å². The van der Waals surface area contributed by atoms with Crippen molar-refractivity contribution in [2.45, 2.75) is 32.4 Å². The molecule has 3 aromatic rings. The van der Waals surface area contributed by atoms with E-state index in [4.69, 9.17) is 4.74 Å². The van der Waals surface area contributed by atoms with Crippen LogP contribution in [0.3, 0.4) is 0 Å². The van der Waals surface area contributed by atoms with Crippen molar-refractivity contribution in [1.82, 2.24) is 20.6 Å². The van der Waals surface area contributed by atoms with Crippen LogP contribution in [-0.2, 0) is 17.8 Å². The number of aromatic nitrogens is 2. The number of hydrazine groups is 1. The Labute approximate surface area is 166 Å². The molecule has 0 saturated carbocycles. The zero-order chi connectivity index (χ0) is 20.4. The van der Waals surface area contributed by atoms with Gasteiger partial charge in [0.2, 0.25) is 0 Å². The molecule has 2 amide bonds. The van der Waals surface area contributed by atoms with Crippen molar-refractivity contribution in [2.75, 3.05) is 0 Å². The van der Waals surface area contributed by atoms with Crippen molar-refractivity contribution in [3.63, 3.8) is 0 Å². The Morgan fingerprint density at radius 2 is 1.83 bits per heavy atom. The van der Waals surface area contributed by atoms with Crippen LogP contribution in [0.25, 0.3) is 10.8 Å². The van der Waals surface area contributed by atoms with Crippen LogP contribution in [0.5, 0.6) is 5.75 Å². The first kappa shape index (κ1) is 18.7. The fraction of sp³-hybridized carbons (Fsp3) is 0.238. The Morgan fingerprint density at radius 3 is 2.59 bits per heavy atom. The van der Waals surface area contributed by atoms with Gasteiger partial charge in [-0.2, -0.15) is 5.10 Å². The highest BCUT2D eigenvalue weighted by Gasteiger charge is 2.29. The van der Waals surface area contributed by atoms with Crippen LogP contribution in [-0.4, -0.2) is 27.7 Å². The number of aryl methyl sites for hydroxylation is 1. The van der Waals surface area contributed by atoms with Gasteiger partial charge in [0.25, 0.3) is 17.4 Å². The van der Waals surface area contributed by atoms with Gasteiger partial charge < -0.3 is 4.74 Å². The van der Waals surface area contributed by atoms with Crippen LogP contribution in [0, 0.1) is 0 Å². The second kappa shape index (κ2) is 7.75. The first-order chi connectivity index (χ1) is 14.1. The number of amides is 2. The second-order valence-electron chi connectivity index (χ2n) is 6.78. The quantitative estimate of drug-likeness (QED) is 0.656. The van der Waals surface area contributed by atoms with E-state index in [1.54, 1.807) is 30.3 Å². The number of carbonyl (C=O) groups is 2. The van der Waals surface area contributed by atoms with Gasteiger partial charge in [-0.05, 0) is 24.1 Å². The van der Waals surface area contributed by atoms with Gasteiger partial charge in [-0.25, -0.2) is 4.68 Å². The van der Waals surface area contributed by atoms with E-state index in [1.807, 2.05) is 25.1 Å². The molecule has 1 aliphatic heterocycles. The first-order valence-electron chi connectivity index (χ1n) is 9.43. The maximum atomic E-state index is 12.7. The molecular formula is C21H20N4O4. The molecular weight excluding hydrogens is 372 g/mol. The lowest BCUT2D eigenvalue weighted by atomic mass is 10.1. The van der Waals surface area contributed by atoms with Crippen molar-refractivity contribution in [3.05, 3.63) is 70.1 Å². The van der Waals surface area contributed by atoms with Crippen LogP contribution < -0.4 is 21.1 Å². The molecule has 29 heavy (non-hydrogen) atoms. The highest BCUT2D eigenvalue weighted by molar-refractivity contribution is 6.05. The molecule has 0 saturated heterocycles. The maximum absolute atomic E-state index is 12.7. The zero-order valence-electron chi connectivity index (χ0n) is 15.8. The minimum absolute atomic E-state index is 0.0737. The van der Waals surface area contributed by atoms with Crippen LogP contribution in [0.2, 0.25) is 0 Å². The fourth-order valence-electron chi connectivity index (χ4n) is 3.35. The number of hydrogen-bond acceptors (Lipinski definition) is 5. The van der Waals surface area contributed by atoms with Crippen LogP contribution >= 0.6 is 0 Å². The lowest BCUT2D eigenvalue weighted by molar-refractivity contribution is -0.128. The minimum Gasteiger partial charge on any atom is -0.480 e. The molecule has 1 aromatic heterocycles. The largest absolute Gasteiger partial charge is 0.480 e. The Morgan fingerprint density at radius 1 is 1.10 bits per heavy atom. The third kappa shape index (κ3) is 3.56. The number of hydrogen-bond donors (Lipinski definition) is 2. The number of para-hydroxylation sites is 1. The smallest absolute Gasteiger partial charge is 0.290 e. The van der Waals surface area contributed by atoms with Crippen molar-refractivity contribution in [3.8, 4) is 5.75 Å². The summed E-state index contributed by atoms with van der Waals surface area (Å²) in [5.41, 5.74) is 5.55. The Hall–Kier alpha value is -3.68. The number of ether oxygens (including phenoxy) is 1. The van der Waals surface area contributed by atoms with Gasteiger partial charge in [0, 0.05) is 18.4 Å². The summed E-state index contributed by atoms with van der Waals surface area (Å²) in [6, 6.07) is 14.2. The van der Waals surface area contributed by atoms with Gasteiger partial charge in [0.05, 0.1) is 5.39 Å². The lowest BCUT2D eigenvalue weighted by Crippen LogP contribution is -2.48. The van der Waals surface area contributed by atoms with Crippen molar-refractivity contribution >= 4 is 22.6 Å². The average Bonchev–Trinajstić information content (AvgIpc) is 3.18.